The molecule has 4 heteroatoms. The average Bonchev–Trinajstić information content (AvgIpc) is 2.88. The molecule has 0 bridgehead atoms. The van der Waals surface area contributed by atoms with Gasteiger partial charge in [-0.3, -0.25) is 0 Å². The Morgan fingerprint density at radius 3 is 2.73 bits per heavy atom. The molecule has 0 fully saturated rings. The van der Waals surface area contributed by atoms with Crippen LogP contribution < -0.4 is 5.46 Å². The van der Waals surface area contributed by atoms with E-state index in [9.17, 15) is 0 Å². The molecule has 2 aromatic heterocycles. The quantitative estimate of drug-likeness (QED) is 0.737. The lowest BCUT2D eigenvalue weighted by atomic mass is 9.84. The summed E-state index contributed by atoms with van der Waals surface area (Å²) in [5.41, 5.74) is 6.99. The summed E-state index contributed by atoms with van der Waals surface area (Å²) in [4.78, 5) is 12.5. The molecule has 0 aliphatic carbocycles. The van der Waals surface area contributed by atoms with Crippen molar-refractivity contribution in [2.75, 3.05) is 0 Å². The van der Waals surface area contributed by atoms with E-state index in [-0.39, 0.29) is 5.41 Å². The number of aromatic amines is 1. The SMILES string of the molecule is Bc1cccc(-c2cnc3[nH]cc(C(=C)C(C)(C)C)c3n2)c1. The molecule has 0 radical (unpaired) electrons. The Hall–Kier alpha value is -2.36. The number of H-pyrrole nitrogens is 1. The summed E-state index contributed by atoms with van der Waals surface area (Å²) in [6, 6.07) is 8.32. The second kappa shape index (κ2) is 5.13. The van der Waals surface area contributed by atoms with Gasteiger partial charge in [-0.1, -0.05) is 57.1 Å². The molecular weight excluding hydrogens is 269 g/mol. The first-order valence-electron chi connectivity index (χ1n) is 7.47. The molecule has 0 amide bonds. The van der Waals surface area contributed by atoms with Gasteiger partial charge in [-0.05, 0) is 11.0 Å². The predicted octanol–water partition coefficient (Wildman–Crippen LogP) is 2.94. The van der Waals surface area contributed by atoms with E-state index in [2.05, 4.69) is 63.4 Å². The molecule has 110 valence electrons. The summed E-state index contributed by atoms with van der Waals surface area (Å²) >= 11 is 0. The van der Waals surface area contributed by atoms with Gasteiger partial charge in [-0.15, -0.1) is 0 Å². The zero-order valence-electron chi connectivity index (χ0n) is 13.6. The Kier molecular flexibility index (Phi) is 3.40. The lowest BCUT2D eigenvalue weighted by molar-refractivity contribution is 0.568. The third-order valence-electron chi connectivity index (χ3n) is 3.93. The Morgan fingerprint density at radius 2 is 2.05 bits per heavy atom. The number of aromatic nitrogens is 3. The summed E-state index contributed by atoms with van der Waals surface area (Å²) in [6.45, 7) is 10.7. The van der Waals surface area contributed by atoms with Gasteiger partial charge in [0.1, 0.15) is 13.4 Å². The van der Waals surface area contributed by atoms with Crippen molar-refractivity contribution < 1.29 is 0 Å². The second-order valence-electron chi connectivity index (χ2n) is 6.75. The van der Waals surface area contributed by atoms with Gasteiger partial charge in [0, 0.05) is 17.3 Å². The Balaban J connectivity index is 2.15. The van der Waals surface area contributed by atoms with Crippen LogP contribution in [0.1, 0.15) is 26.3 Å². The minimum absolute atomic E-state index is 0.00383. The third-order valence-corrected chi connectivity index (χ3v) is 3.93. The maximum absolute atomic E-state index is 4.83. The molecule has 0 atom stereocenters. The number of benzene rings is 1. The molecule has 22 heavy (non-hydrogen) atoms. The molecule has 2 heterocycles. The van der Waals surface area contributed by atoms with E-state index >= 15 is 0 Å². The highest BCUT2D eigenvalue weighted by molar-refractivity contribution is 6.32. The first-order valence-corrected chi connectivity index (χ1v) is 7.47. The van der Waals surface area contributed by atoms with E-state index in [4.69, 9.17) is 4.98 Å². The molecule has 1 N–H and O–H groups in total. The molecule has 3 rings (SSSR count). The Morgan fingerprint density at radius 1 is 1.27 bits per heavy atom. The first kappa shape index (κ1) is 14.6. The predicted molar refractivity (Wildman–Crippen MR) is 96.0 cm³/mol. The summed E-state index contributed by atoms with van der Waals surface area (Å²) < 4.78 is 0. The fourth-order valence-corrected chi connectivity index (χ4v) is 2.47. The van der Waals surface area contributed by atoms with Crippen LogP contribution in [0.4, 0.5) is 0 Å². The first-order chi connectivity index (χ1) is 10.4. The molecule has 0 unspecified atom stereocenters. The highest BCUT2D eigenvalue weighted by Gasteiger charge is 2.20. The lowest BCUT2D eigenvalue weighted by Crippen LogP contribution is -2.07. The van der Waals surface area contributed by atoms with Crippen LogP contribution in [0.5, 0.6) is 0 Å². The van der Waals surface area contributed by atoms with Crippen LogP contribution in [0.25, 0.3) is 28.0 Å². The standard InChI is InChI=1S/C18H20BN3/c1-11(18(2,3)4)14-9-20-17-16(14)22-15(10-21-17)12-6-5-7-13(19)8-12/h5-10H,1,19H2,2-4H3,(H,20,21). The fraction of sp³-hybridized carbons (Fsp3) is 0.222. The molecular formula is C18H20BN3. The van der Waals surface area contributed by atoms with Gasteiger partial charge in [0.2, 0.25) is 0 Å². The topological polar surface area (TPSA) is 41.6 Å². The normalized spacial score (nSPS) is 11.8. The highest BCUT2D eigenvalue weighted by atomic mass is 14.9. The summed E-state index contributed by atoms with van der Waals surface area (Å²) in [5.74, 6) is 0. The van der Waals surface area contributed by atoms with E-state index in [1.807, 2.05) is 18.5 Å². The van der Waals surface area contributed by atoms with Crippen LogP contribution in [-0.2, 0) is 0 Å². The van der Waals surface area contributed by atoms with Crippen LogP contribution in [-0.4, -0.2) is 22.8 Å². The van der Waals surface area contributed by atoms with Crippen molar-refractivity contribution in [3.63, 3.8) is 0 Å². The van der Waals surface area contributed by atoms with Gasteiger partial charge < -0.3 is 4.98 Å². The monoisotopic (exact) mass is 289 g/mol. The van der Waals surface area contributed by atoms with Gasteiger partial charge >= 0.3 is 0 Å². The number of hydrogen-bond donors (Lipinski definition) is 1. The smallest absolute Gasteiger partial charge is 0.156 e. The zero-order valence-corrected chi connectivity index (χ0v) is 13.6. The lowest BCUT2D eigenvalue weighted by Gasteiger charge is -2.21. The van der Waals surface area contributed by atoms with Crippen molar-refractivity contribution in [3.05, 3.63) is 48.8 Å². The molecule has 0 saturated carbocycles. The third kappa shape index (κ3) is 2.57. The number of allylic oxidation sites excluding steroid dienone is 1. The second-order valence-corrected chi connectivity index (χ2v) is 6.75. The number of fused-ring (bicyclic) bond motifs is 1. The Labute approximate surface area is 131 Å². The van der Waals surface area contributed by atoms with Gasteiger partial charge in [0.05, 0.1) is 11.9 Å². The molecule has 3 aromatic rings. The van der Waals surface area contributed by atoms with E-state index in [1.54, 1.807) is 0 Å². The van der Waals surface area contributed by atoms with Gasteiger partial charge in [0.25, 0.3) is 0 Å². The van der Waals surface area contributed by atoms with Crippen LogP contribution in [0.3, 0.4) is 0 Å². The summed E-state index contributed by atoms with van der Waals surface area (Å²) in [7, 11) is 2.08. The molecule has 1 aromatic carbocycles. The van der Waals surface area contributed by atoms with E-state index in [0.717, 1.165) is 33.6 Å². The molecule has 0 saturated heterocycles. The minimum Gasteiger partial charge on any atom is -0.344 e. The maximum atomic E-state index is 4.83. The Bertz CT molecular complexity index is 856. The number of nitrogens with zero attached hydrogens (tertiary/aromatic N) is 2. The number of rotatable bonds is 2. The molecule has 3 nitrogen and oxygen atoms in total. The van der Waals surface area contributed by atoms with Crippen LogP contribution in [0.15, 0.2) is 43.2 Å². The van der Waals surface area contributed by atoms with Gasteiger partial charge in [0.15, 0.2) is 5.65 Å². The van der Waals surface area contributed by atoms with Crippen molar-refractivity contribution in [3.8, 4) is 11.3 Å². The minimum atomic E-state index is -0.00383. The van der Waals surface area contributed by atoms with Crippen molar-refractivity contribution in [2.45, 2.75) is 20.8 Å². The van der Waals surface area contributed by atoms with E-state index in [0.29, 0.717) is 0 Å². The van der Waals surface area contributed by atoms with Crippen molar-refractivity contribution in [2.24, 2.45) is 5.41 Å². The van der Waals surface area contributed by atoms with Crippen LogP contribution in [0.2, 0.25) is 0 Å². The van der Waals surface area contributed by atoms with Crippen molar-refractivity contribution >= 4 is 30.0 Å². The molecule has 0 spiro atoms. The number of hydrogen-bond acceptors (Lipinski definition) is 2. The molecule has 0 aliphatic heterocycles. The summed E-state index contributed by atoms with van der Waals surface area (Å²) in [5, 5.41) is 0. The van der Waals surface area contributed by atoms with Crippen molar-refractivity contribution in [1.29, 1.82) is 0 Å². The van der Waals surface area contributed by atoms with Gasteiger partial charge in [-0.2, -0.15) is 0 Å². The van der Waals surface area contributed by atoms with E-state index in [1.165, 1.54) is 5.46 Å². The van der Waals surface area contributed by atoms with E-state index < -0.39 is 0 Å². The van der Waals surface area contributed by atoms with Gasteiger partial charge in [-0.25, -0.2) is 9.97 Å². The summed E-state index contributed by atoms with van der Waals surface area (Å²) in [6.07, 6.45) is 3.77. The van der Waals surface area contributed by atoms with Crippen LogP contribution >= 0.6 is 0 Å². The highest BCUT2D eigenvalue weighted by Crippen LogP contribution is 2.35. The fourth-order valence-electron chi connectivity index (χ4n) is 2.47. The zero-order chi connectivity index (χ0) is 15.9. The largest absolute Gasteiger partial charge is 0.344 e. The average molecular weight is 289 g/mol. The molecule has 0 aliphatic rings. The van der Waals surface area contributed by atoms with Crippen LogP contribution in [0, 0.1) is 5.41 Å². The maximum Gasteiger partial charge on any atom is 0.156 e. The number of nitrogens with one attached hydrogen (secondary N) is 1. The van der Waals surface area contributed by atoms with Crippen molar-refractivity contribution in [1.82, 2.24) is 15.0 Å².